The third kappa shape index (κ3) is 5.03. The second-order valence-electron chi connectivity index (χ2n) is 7.09. The van der Waals surface area contributed by atoms with Crippen LogP contribution in [-0.4, -0.2) is 25.7 Å². The van der Waals surface area contributed by atoms with Gasteiger partial charge in [-0.15, -0.1) is 0 Å². The molecule has 1 aromatic rings. The van der Waals surface area contributed by atoms with Crippen LogP contribution in [-0.2, 0) is 0 Å². The predicted octanol–water partition coefficient (Wildman–Crippen LogP) is 4.24. The lowest BCUT2D eigenvalue weighted by atomic mass is 9.91. The molecule has 2 atom stereocenters. The zero-order valence-electron chi connectivity index (χ0n) is 14.2. The van der Waals surface area contributed by atoms with E-state index in [-0.39, 0.29) is 0 Å². The molecule has 0 amide bonds. The number of hydrogen-bond acceptors (Lipinski definition) is 2. The van der Waals surface area contributed by atoms with Crippen LogP contribution in [0.4, 0.5) is 5.69 Å². The summed E-state index contributed by atoms with van der Waals surface area (Å²) in [5, 5.41) is 3.79. The third-order valence-electron chi connectivity index (χ3n) is 4.64. The summed E-state index contributed by atoms with van der Waals surface area (Å²) >= 11 is 0. The second kappa shape index (κ2) is 7.84. The molecule has 0 bridgehead atoms. The highest BCUT2D eigenvalue weighted by molar-refractivity contribution is 5.49. The van der Waals surface area contributed by atoms with Gasteiger partial charge in [-0.25, -0.2) is 0 Å². The van der Waals surface area contributed by atoms with Crippen LogP contribution in [0.1, 0.15) is 45.6 Å². The first-order valence-corrected chi connectivity index (χ1v) is 8.63. The molecule has 1 aromatic carbocycles. The Morgan fingerprint density at radius 3 is 2.76 bits per heavy atom. The fraction of sp³-hybridized carbons (Fsp3) is 0.684. The molecule has 118 valence electrons. The van der Waals surface area contributed by atoms with E-state index in [2.05, 4.69) is 62.2 Å². The van der Waals surface area contributed by atoms with Gasteiger partial charge in [-0.2, -0.15) is 0 Å². The fourth-order valence-corrected chi connectivity index (χ4v) is 3.26. The average molecular weight is 288 g/mol. The van der Waals surface area contributed by atoms with Crippen LogP contribution in [0.3, 0.4) is 0 Å². The van der Waals surface area contributed by atoms with Gasteiger partial charge >= 0.3 is 0 Å². The number of nitrogens with zero attached hydrogens (tertiary/aromatic N) is 1. The predicted molar refractivity (Wildman–Crippen MR) is 93.0 cm³/mol. The highest BCUT2D eigenvalue weighted by atomic mass is 15.2. The van der Waals surface area contributed by atoms with Gasteiger partial charge in [0.15, 0.2) is 0 Å². The summed E-state index contributed by atoms with van der Waals surface area (Å²) in [4.78, 5) is 2.58. The van der Waals surface area contributed by atoms with E-state index in [0.717, 1.165) is 24.9 Å². The van der Waals surface area contributed by atoms with E-state index >= 15 is 0 Å². The number of hydrogen-bond donors (Lipinski definition) is 1. The lowest BCUT2D eigenvalue weighted by molar-refractivity contribution is 0.322. The average Bonchev–Trinajstić information content (AvgIpc) is 2.46. The minimum absolute atomic E-state index is 0.642. The van der Waals surface area contributed by atoms with E-state index in [1.165, 1.54) is 37.1 Å². The molecule has 2 rings (SSSR count). The summed E-state index contributed by atoms with van der Waals surface area (Å²) in [6.45, 7) is 12.6. The Kier molecular flexibility index (Phi) is 6.10. The lowest BCUT2D eigenvalue weighted by Gasteiger charge is -2.39. The van der Waals surface area contributed by atoms with Crippen molar-refractivity contribution in [2.24, 2.45) is 11.8 Å². The SMILES string of the molecule is CCC1CC(NCCC(C)C)CN(c2cccc(C)c2)C1. The van der Waals surface area contributed by atoms with Gasteiger partial charge in [0.2, 0.25) is 0 Å². The minimum atomic E-state index is 0.642. The second-order valence-corrected chi connectivity index (χ2v) is 7.09. The van der Waals surface area contributed by atoms with Crippen LogP contribution >= 0.6 is 0 Å². The van der Waals surface area contributed by atoms with E-state index in [0.29, 0.717) is 6.04 Å². The maximum absolute atomic E-state index is 3.79. The van der Waals surface area contributed by atoms with Crippen molar-refractivity contribution in [3.8, 4) is 0 Å². The third-order valence-corrected chi connectivity index (χ3v) is 4.64. The Morgan fingerprint density at radius 2 is 2.10 bits per heavy atom. The Hall–Kier alpha value is -1.02. The van der Waals surface area contributed by atoms with Crippen molar-refractivity contribution < 1.29 is 0 Å². The van der Waals surface area contributed by atoms with E-state index in [1.807, 2.05) is 0 Å². The maximum Gasteiger partial charge on any atom is 0.0369 e. The molecule has 0 spiro atoms. The molecule has 0 aliphatic carbocycles. The van der Waals surface area contributed by atoms with Crippen LogP contribution < -0.4 is 10.2 Å². The molecule has 1 N–H and O–H groups in total. The summed E-state index contributed by atoms with van der Waals surface area (Å²) < 4.78 is 0. The van der Waals surface area contributed by atoms with Gasteiger partial charge in [0, 0.05) is 24.8 Å². The lowest BCUT2D eigenvalue weighted by Crippen LogP contribution is -2.49. The van der Waals surface area contributed by atoms with E-state index in [1.54, 1.807) is 0 Å². The first-order valence-electron chi connectivity index (χ1n) is 8.63. The van der Waals surface area contributed by atoms with Crippen LogP contribution in [0.25, 0.3) is 0 Å². The van der Waals surface area contributed by atoms with Crippen molar-refractivity contribution in [1.29, 1.82) is 0 Å². The number of benzene rings is 1. The Bertz CT molecular complexity index is 427. The molecule has 1 aliphatic heterocycles. The summed E-state index contributed by atoms with van der Waals surface area (Å²) in [5.74, 6) is 1.60. The highest BCUT2D eigenvalue weighted by Gasteiger charge is 2.26. The summed E-state index contributed by atoms with van der Waals surface area (Å²) in [5.41, 5.74) is 2.75. The number of anilines is 1. The summed E-state index contributed by atoms with van der Waals surface area (Å²) in [6.07, 6.45) is 3.89. The standard InChI is InChI=1S/C19H32N2/c1-5-17-12-18(20-10-9-15(2)3)14-21(13-17)19-8-6-7-16(4)11-19/h6-8,11,15,17-18,20H,5,9-10,12-14H2,1-4H3. The maximum atomic E-state index is 3.79. The smallest absolute Gasteiger partial charge is 0.0369 e. The number of nitrogens with one attached hydrogen (secondary N) is 1. The Morgan fingerprint density at radius 1 is 1.29 bits per heavy atom. The van der Waals surface area contributed by atoms with E-state index in [9.17, 15) is 0 Å². The van der Waals surface area contributed by atoms with Crippen molar-refractivity contribution in [3.63, 3.8) is 0 Å². The molecule has 0 radical (unpaired) electrons. The molecule has 1 saturated heterocycles. The molecular formula is C19H32N2. The quantitative estimate of drug-likeness (QED) is 0.842. The van der Waals surface area contributed by atoms with Gasteiger partial charge in [0.25, 0.3) is 0 Å². The topological polar surface area (TPSA) is 15.3 Å². The van der Waals surface area contributed by atoms with Gasteiger partial charge in [-0.05, 0) is 55.8 Å². The van der Waals surface area contributed by atoms with Crippen LogP contribution in [0, 0.1) is 18.8 Å². The molecule has 2 heteroatoms. The van der Waals surface area contributed by atoms with Gasteiger partial charge in [-0.3, -0.25) is 0 Å². The molecule has 1 heterocycles. The van der Waals surface area contributed by atoms with Gasteiger partial charge in [0.05, 0.1) is 0 Å². The zero-order valence-corrected chi connectivity index (χ0v) is 14.2. The van der Waals surface area contributed by atoms with Gasteiger partial charge in [0.1, 0.15) is 0 Å². The molecule has 0 saturated carbocycles. The summed E-state index contributed by atoms with van der Waals surface area (Å²) in [6, 6.07) is 9.59. The number of rotatable bonds is 6. The van der Waals surface area contributed by atoms with Crippen molar-refractivity contribution in [1.82, 2.24) is 5.32 Å². The first-order chi connectivity index (χ1) is 10.1. The van der Waals surface area contributed by atoms with Crippen molar-refractivity contribution >= 4 is 5.69 Å². The largest absolute Gasteiger partial charge is 0.370 e. The fourth-order valence-electron chi connectivity index (χ4n) is 3.26. The van der Waals surface area contributed by atoms with Crippen LogP contribution in [0.2, 0.25) is 0 Å². The van der Waals surface area contributed by atoms with Crippen molar-refractivity contribution in [2.75, 3.05) is 24.5 Å². The molecule has 2 unspecified atom stereocenters. The van der Waals surface area contributed by atoms with E-state index in [4.69, 9.17) is 0 Å². The van der Waals surface area contributed by atoms with Gasteiger partial charge < -0.3 is 10.2 Å². The first kappa shape index (κ1) is 16.4. The number of aryl methyl sites for hydroxylation is 1. The van der Waals surface area contributed by atoms with Crippen molar-refractivity contribution in [2.45, 2.75) is 53.0 Å². The molecular weight excluding hydrogens is 256 g/mol. The normalized spacial score (nSPS) is 22.8. The highest BCUT2D eigenvalue weighted by Crippen LogP contribution is 2.25. The zero-order chi connectivity index (χ0) is 15.2. The van der Waals surface area contributed by atoms with Crippen LogP contribution in [0.5, 0.6) is 0 Å². The molecule has 0 aromatic heterocycles. The van der Waals surface area contributed by atoms with Crippen molar-refractivity contribution in [3.05, 3.63) is 29.8 Å². The Labute approximate surface area is 130 Å². The molecule has 1 fully saturated rings. The monoisotopic (exact) mass is 288 g/mol. The minimum Gasteiger partial charge on any atom is -0.370 e. The molecule has 1 aliphatic rings. The van der Waals surface area contributed by atoms with Crippen LogP contribution in [0.15, 0.2) is 24.3 Å². The van der Waals surface area contributed by atoms with E-state index < -0.39 is 0 Å². The number of piperidine rings is 1. The van der Waals surface area contributed by atoms with Gasteiger partial charge in [-0.1, -0.05) is 39.3 Å². The molecule has 2 nitrogen and oxygen atoms in total. The Balaban J connectivity index is 1.98. The molecule has 21 heavy (non-hydrogen) atoms. The summed E-state index contributed by atoms with van der Waals surface area (Å²) in [7, 11) is 0.